The van der Waals surface area contributed by atoms with Gasteiger partial charge in [0.2, 0.25) is 5.75 Å². The van der Waals surface area contributed by atoms with E-state index in [4.69, 9.17) is 14.2 Å². The van der Waals surface area contributed by atoms with E-state index in [1.165, 1.54) is 12.1 Å². The Morgan fingerprint density at radius 2 is 1.71 bits per heavy atom. The minimum Gasteiger partial charge on any atom is -0.493 e. The van der Waals surface area contributed by atoms with Crippen molar-refractivity contribution in [2.45, 2.75) is 6.54 Å². The number of halogens is 1. The van der Waals surface area contributed by atoms with Gasteiger partial charge in [-0.25, -0.2) is 4.39 Å². The molecule has 0 fully saturated rings. The van der Waals surface area contributed by atoms with Crippen LogP contribution in [0.3, 0.4) is 0 Å². The van der Waals surface area contributed by atoms with Gasteiger partial charge in [-0.3, -0.25) is 0 Å². The van der Waals surface area contributed by atoms with Crippen LogP contribution >= 0.6 is 0 Å². The first-order valence-corrected chi connectivity index (χ1v) is 6.51. The number of hydrogen-bond donors (Lipinski definition) is 1. The van der Waals surface area contributed by atoms with Gasteiger partial charge in [-0.1, -0.05) is 6.07 Å². The van der Waals surface area contributed by atoms with Gasteiger partial charge in [0.05, 0.1) is 14.2 Å². The number of rotatable bonds is 6. The van der Waals surface area contributed by atoms with E-state index in [1.807, 2.05) is 0 Å². The molecule has 0 aromatic heterocycles. The molecule has 5 heteroatoms. The molecule has 4 nitrogen and oxygen atoms in total. The molecule has 2 aromatic rings. The highest BCUT2D eigenvalue weighted by molar-refractivity contribution is 5.53. The Labute approximate surface area is 123 Å². The molecule has 1 N–H and O–H groups in total. The van der Waals surface area contributed by atoms with Crippen LogP contribution in [0.5, 0.6) is 23.0 Å². The number of benzene rings is 2. The fourth-order valence-electron chi connectivity index (χ4n) is 2.02. The SMILES string of the molecule is CNCc1cc(F)cc(Oc2c(OC)cccc2OC)c1. The lowest BCUT2D eigenvalue weighted by molar-refractivity contribution is 0.345. The molecule has 0 atom stereocenters. The lowest BCUT2D eigenvalue weighted by Crippen LogP contribution is -2.05. The fourth-order valence-corrected chi connectivity index (χ4v) is 2.02. The lowest BCUT2D eigenvalue weighted by Gasteiger charge is -2.14. The monoisotopic (exact) mass is 291 g/mol. The molecule has 0 radical (unpaired) electrons. The highest BCUT2D eigenvalue weighted by atomic mass is 19.1. The molecule has 0 saturated carbocycles. The summed E-state index contributed by atoms with van der Waals surface area (Å²) in [5.74, 6) is 1.50. The molecule has 0 saturated heterocycles. The Morgan fingerprint density at radius 3 is 2.29 bits per heavy atom. The fraction of sp³-hybridized carbons (Fsp3) is 0.250. The van der Waals surface area contributed by atoms with Gasteiger partial charge in [0.1, 0.15) is 11.6 Å². The summed E-state index contributed by atoms with van der Waals surface area (Å²) in [6.07, 6.45) is 0. The number of hydrogen-bond acceptors (Lipinski definition) is 4. The predicted octanol–water partition coefficient (Wildman–Crippen LogP) is 3.35. The van der Waals surface area contributed by atoms with Crippen molar-refractivity contribution in [3.05, 3.63) is 47.8 Å². The maximum Gasteiger partial charge on any atom is 0.210 e. The summed E-state index contributed by atoms with van der Waals surface area (Å²) in [4.78, 5) is 0. The Balaban J connectivity index is 2.37. The summed E-state index contributed by atoms with van der Waals surface area (Å²) in [7, 11) is 4.88. The number of para-hydroxylation sites is 1. The van der Waals surface area contributed by atoms with Crippen LogP contribution in [-0.2, 0) is 6.54 Å². The molecule has 0 unspecified atom stereocenters. The second-order valence-corrected chi connectivity index (χ2v) is 4.42. The quantitative estimate of drug-likeness (QED) is 0.886. The van der Waals surface area contributed by atoms with E-state index < -0.39 is 0 Å². The molecule has 2 rings (SSSR count). The summed E-state index contributed by atoms with van der Waals surface area (Å²) < 4.78 is 29.9. The smallest absolute Gasteiger partial charge is 0.210 e. The van der Waals surface area contributed by atoms with Crippen LogP contribution in [-0.4, -0.2) is 21.3 Å². The molecule has 0 aliphatic rings. The standard InChI is InChI=1S/C16H18FNO3/c1-18-10-11-7-12(17)9-13(8-11)21-16-14(19-2)5-4-6-15(16)20-3/h4-9,18H,10H2,1-3H3. The van der Waals surface area contributed by atoms with E-state index in [0.717, 1.165) is 5.56 Å². The molecule has 0 aliphatic carbocycles. The van der Waals surface area contributed by atoms with Crippen LogP contribution in [0.4, 0.5) is 4.39 Å². The Hall–Kier alpha value is -2.27. The van der Waals surface area contributed by atoms with E-state index in [2.05, 4.69) is 5.32 Å². The summed E-state index contributed by atoms with van der Waals surface area (Å²) in [5.41, 5.74) is 0.793. The second kappa shape index (κ2) is 6.95. The Morgan fingerprint density at radius 1 is 1.05 bits per heavy atom. The number of methoxy groups -OCH3 is 2. The second-order valence-electron chi connectivity index (χ2n) is 4.42. The molecule has 112 valence electrons. The van der Waals surface area contributed by atoms with E-state index in [1.54, 1.807) is 45.5 Å². The molecular weight excluding hydrogens is 273 g/mol. The third-order valence-corrected chi connectivity index (χ3v) is 2.91. The van der Waals surface area contributed by atoms with E-state index in [9.17, 15) is 4.39 Å². The van der Waals surface area contributed by atoms with Gasteiger partial charge in [0.25, 0.3) is 0 Å². The zero-order valence-corrected chi connectivity index (χ0v) is 12.3. The summed E-state index contributed by atoms with van der Waals surface area (Å²) in [6, 6.07) is 9.86. The van der Waals surface area contributed by atoms with Crippen molar-refractivity contribution in [2.24, 2.45) is 0 Å². The zero-order chi connectivity index (χ0) is 15.2. The first-order valence-electron chi connectivity index (χ1n) is 6.51. The van der Waals surface area contributed by atoms with Crippen molar-refractivity contribution in [1.29, 1.82) is 0 Å². The number of nitrogens with one attached hydrogen (secondary N) is 1. The molecule has 0 aliphatic heterocycles. The van der Waals surface area contributed by atoms with Crippen molar-refractivity contribution >= 4 is 0 Å². The number of ether oxygens (including phenoxy) is 3. The van der Waals surface area contributed by atoms with Gasteiger partial charge in [0.15, 0.2) is 11.5 Å². The van der Waals surface area contributed by atoms with Crippen molar-refractivity contribution in [1.82, 2.24) is 5.32 Å². The van der Waals surface area contributed by atoms with Gasteiger partial charge in [-0.15, -0.1) is 0 Å². The Bertz CT molecular complexity index is 594. The topological polar surface area (TPSA) is 39.7 Å². The zero-order valence-electron chi connectivity index (χ0n) is 12.3. The predicted molar refractivity (Wildman–Crippen MR) is 78.8 cm³/mol. The van der Waals surface area contributed by atoms with Crippen LogP contribution in [0.1, 0.15) is 5.56 Å². The molecule has 0 heterocycles. The molecule has 2 aromatic carbocycles. The van der Waals surface area contributed by atoms with Crippen molar-refractivity contribution in [3.8, 4) is 23.0 Å². The first-order chi connectivity index (χ1) is 10.2. The maximum absolute atomic E-state index is 13.6. The normalized spacial score (nSPS) is 10.3. The van der Waals surface area contributed by atoms with Gasteiger partial charge >= 0.3 is 0 Å². The molecule has 21 heavy (non-hydrogen) atoms. The largest absolute Gasteiger partial charge is 0.493 e. The van der Waals surface area contributed by atoms with E-state index in [0.29, 0.717) is 29.5 Å². The highest BCUT2D eigenvalue weighted by Crippen LogP contribution is 2.40. The first kappa shape index (κ1) is 15.1. The van der Waals surface area contributed by atoms with E-state index >= 15 is 0 Å². The Kier molecular flexibility index (Phi) is 5.00. The van der Waals surface area contributed by atoms with Gasteiger partial charge in [0, 0.05) is 12.6 Å². The summed E-state index contributed by atoms with van der Waals surface area (Å²) in [6.45, 7) is 0.553. The van der Waals surface area contributed by atoms with Crippen molar-refractivity contribution < 1.29 is 18.6 Å². The van der Waals surface area contributed by atoms with Crippen LogP contribution in [0.15, 0.2) is 36.4 Å². The maximum atomic E-state index is 13.6. The average molecular weight is 291 g/mol. The van der Waals surface area contributed by atoms with Crippen LogP contribution < -0.4 is 19.5 Å². The van der Waals surface area contributed by atoms with Crippen molar-refractivity contribution in [3.63, 3.8) is 0 Å². The summed E-state index contributed by atoms with van der Waals surface area (Å²) >= 11 is 0. The third-order valence-electron chi connectivity index (χ3n) is 2.91. The molecule has 0 spiro atoms. The third kappa shape index (κ3) is 3.64. The minimum atomic E-state index is -0.355. The summed E-state index contributed by atoms with van der Waals surface area (Å²) in [5, 5.41) is 2.98. The van der Waals surface area contributed by atoms with Gasteiger partial charge in [-0.2, -0.15) is 0 Å². The van der Waals surface area contributed by atoms with Gasteiger partial charge in [-0.05, 0) is 36.9 Å². The van der Waals surface area contributed by atoms with Crippen LogP contribution in [0.2, 0.25) is 0 Å². The van der Waals surface area contributed by atoms with E-state index in [-0.39, 0.29) is 5.82 Å². The van der Waals surface area contributed by atoms with Crippen molar-refractivity contribution in [2.75, 3.05) is 21.3 Å². The minimum absolute atomic E-state index is 0.355. The van der Waals surface area contributed by atoms with Crippen LogP contribution in [0.25, 0.3) is 0 Å². The van der Waals surface area contributed by atoms with Crippen LogP contribution in [0, 0.1) is 5.82 Å². The highest BCUT2D eigenvalue weighted by Gasteiger charge is 2.13. The molecular formula is C16H18FNO3. The average Bonchev–Trinajstić information content (AvgIpc) is 2.47. The van der Waals surface area contributed by atoms with Gasteiger partial charge < -0.3 is 19.5 Å². The molecule has 0 amide bonds. The lowest BCUT2D eigenvalue weighted by atomic mass is 10.2. The molecule has 0 bridgehead atoms.